The Balaban J connectivity index is 1.45. The van der Waals surface area contributed by atoms with Gasteiger partial charge in [0.1, 0.15) is 12.1 Å². The molecule has 0 amide bonds. The van der Waals surface area contributed by atoms with Gasteiger partial charge in [0.15, 0.2) is 5.65 Å². The van der Waals surface area contributed by atoms with Crippen LogP contribution in [0.15, 0.2) is 12.5 Å². The number of H-pyrrole nitrogens is 1. The minimum atomic E-state index is 0.779. The molecule has 0 atom stereocenters. The van der Waals surface area contributed by atoms with Gasteiger partial charge in [-0.3, -0.25) is 5.10 Å². The highest BCUT2D eigenvalue weighted by molar-refractivity contribution is 5.85. The largest absolute Gasteiger partial charge is 0.369 e. The zero-order chi connectivity index (χ0) is 13.8. The van der Waals surface area contributed by atoms with E-state index in [1.807, 2.05) is 0 Å². The molecule has 3 rings (SSSR count). The Labute approximate surface area is 118 Å². The van der Waals surface area contributed by atoms with Gasteiger partial charge < -0.3 is 15.1 Å². The van der Waals surface area contributed by atoms with Crippen LogP contribution in [-0.2, 0) is 0 Å². The fourth-order valence-electron chi connectivity index (χ4n) is 2.49. The lowest BCUT2D eigenvalue weighted by Gasteiger charge is -2.32. The quantitative estimate of drug-likeness (QED) is 0.770. The Morgan fingerprint density at radius 2 is 2.10 bits per heavy atom. The zero-order valence-corrected chi connectivity index (χ0v) is 11.8. The fraction of sp³-hybridized carbons (Fsp3) is 0.615. The minimum absolute atomic E-state index is 0.779. The predicted molar refractivity (Wildman–Crippen MR) is 78.7 cm³/mol. The van der Waals surface area contributed by atoms with E-state index in [-0.39, 0.29) is 0 Å². The highest BCUT2D eigenvalue weighted by atomic mass is 15.2. The number of nitrogens with one attached hydrogen (secondary N) is 2. The Morgan fingerprint density at radius 3 is 2.95 bits per heavy atom. The first kappa shape index (κ1) is 13.3. The number of hydrogen-bond donors (Lipinski definition) is 2. The summed E-state index contributed by atoms with van der Waals surface area (Å²) in [5, 5.41) is 11.2. The number of anilines is 1. The third kappa shape index (κ3) is 3.05. The van der Waals surface area contributed by atoms with Gasteiger partial charge in [-0.2, -0.15) is 5.10 Å². The van der Waals surface area contributed by atoms with Crippen molar-refractivity contribution in [1.82, 2.24) is 30.0 Å². The molecule has 20 heavy (non-hydrogen) atoms. The molecule has 0 unspecified atom stereocenters. The van der Waals surface area contributed by atoms with Gasteiger partial charge in [0.2, 0.25) is 0 Å². The first-order valence-electron chi connectivity index (χ1n) is 7.12. The SMILES string of the molecule is CN1CCN(CCCNc2ncnc3[nH]ncc23)CC1. The first-order chi connectivity index (χ1) is 9.83. The van der Waals surface area contributed by atoms with Crippen molar-refractivity contribution >= 4 is 16.9 Å². The van der Waals surface area contributed by atoms with Crippen molar-refractivity contribution < 1.29 is 0 Å². The van der Waals surface area contributed by atoms with E-state index >= 15 is 0 Å². The first-order valence-corrected chi connectivity index (χ1v) is 7.12. The van der Waals surface area contributed by atoms with E-state index in [4.69, 9.17) is 0 Å². The summed E-state index contributed by atoms with van der Waals surface area (Å²) < 4.78 is 0. The summed E-state index contributed by atoms with van der Waals surface area (Å²) in [4.78, 5) is 13.3. The van der Waals surface area contributed by atoms with Crippen LogP contribution in [0.25, 0.3) is 11.0 Å². The highest BCUT2D eigenvalue weighted by Gasteiger charge is 2.12. The van der Waals surface area contributed by atoms with Crippen LogP contribution < -0.4 is 5.32 Å². The smallest absolute Gasteiger partial charge is 0.160 e. The van der Waals surface area contributed by atoms with E-state index in [1.165, 1.54) is 26.2 Å². The second kappa shape index (κ2) is 6.15. The van der Waals surface area contributed by atoms with Gasteiger partial charge in [-0.1, -0.05) is 0 Å². The van der Waals surface area contributed by atoms with Gasteiger partial charge in [-0.15, -0.1) is 0 Å². The molecule has 0 bridgehead atoms. The molecule has 1 fully saturated rings. The normalized spacial score (nSPS) is 17.6. The predicted octanol–water partition coefficient (Wildman–Crippen LogP) is 0.402. The number of fused-ring (bicyclic) bond motifs is 1. The summed E-state index contributed by atoms with van der Waals surface area (Å²) in [5.74, 6) is 0.863. The zero-order valence-electron chi connectivity index (χ0n) is 11.8. The molecule has 0 saturated carbocycles. The maximum atomic E-state index is 4.27. The molecule has 1 aliphatic heterocycles. The number of nitrogens with zero attached hydrogens (tertiary/aromatic N) is 5. The van der Waals surface area contributed by atoms with Crippen molar-refractivity contribution in [3.63, 3.8) is 0 Å². The van der Waals surface area contributed by atoms with Crippen LogP contribution in [-0.4, -0.2) is 76.3 Å². The fourth-order valence-corrected chi connectivity index (χ4v) is 2.49. The molecule has 1 aliphatic rings. The number of piperazine rings is 1. The summed E-state index contributed by atoms with van der Waals surface area (Å²) in [7, 11) is 2.18. The van der Waals surface area contributed by atoms with Gasteiger partial charge in [0, 0.05) is 32.7 Å². The highest BCUT2D eigenvalue weighted by Crippen LogP contribution is 2.15. The lowest BCUT2D eigenvalue weighted by Crippen LogP contribution is -2.44. The number of rotatable bonds is 5. The van der Waals surface area contributed by atoms with Crippen molar-refractivity contribution in [2.45, 2.75) is 6.42 Å². The van der Waals surface area contributed by atoms with Crippen LogP contribution >= 0.6 is 0 Å². The Bertz CT molecular complexity index is 544. The lowest BCUT2D eigenvalue weighted by molar-refractivity contribution is 0.154. The maximum Gasteiger partial charge on any atom is 0.160 e. The average molecular weight is 275 g/mol. The van der Waals surface area contributed by atoms with Crippen molar-refractivity contribution in [3.05, 3.63) is 12.5 Å². The summed E-state index contributed by atoms with van der Waals surface area (Å²) in [6.07, 6.45) is 4.44. The monoisotopic (exact) mass is 275 g/mol. The Kier molecular flexibility index (Phi) is 4.08. The molecular weight excluding hydrogens is 254 g/mol. The maximum absolute atomic E-state index is 4.27. The van der Waals surface area contributed by atoms with Crippen LogP contribution in [0.3, 0.4) is 0 Å². The molecular formula is C13H21N7. The topological polar surface area (TPSA) is 73.0 Å². The van der Waals surface area contributed by atoms with Gasteiger partial charge in [-0.05, 0) is 20.0 Å². The number of aromatic nitrogens is 4. The number of aromatic amines is 1. The van der Waals surface area contributed by atoms with Gasteiger partial charge in [-0.25, -0.2) is 9.97 Å². The van der Waals surface area contributed by atoms with Crippen molar-refractivity contribution in [2.24, 2.45) is 0 Å². The molecule has 0 spiro atoms. The van der Waals surface area contributed by atoms with Crippen molar-refractivity contribution in [1.29, 1.82) is 0 Å². The van der Waals surface area contributed by atoms with Crippen LogP contribution in [0.5, 0.6) is 0 Å². The third-order valence-electron chi connectivity index (χ3n) is 3.79. The van der Waals surface area contributed by atoms with E-state index in [1.54, 1.807) is 12.5 Å². The summed E-state index contributed by atoms with van der Waals surface area (Å²) in [6.45, 7) is 6.76. The molecule has 1 saturated heterocycles. The lowest BCUT2D eigenvalue weighted by atomic mass is 10.3. The van der Waals surface area contributed by atoms with Gasteiger partial charge >= 0.3 is 0 Å². The third-order valence-corrected chi connectivity index (χ3v) is 3.79. The Morgan fingerprint density at radius 1 is 1.25 bits per heavy atom. The molecule has 2 aromatic heterocycles. The van der Waals surface area contributed by atoms with E-state index in [0.717, 1.165) is 36.4 Å². The van der Waals surface area contributed by atoms with Crippen molar-refractivity contribution in [3.8, 4) is 0 Å². The molecule has 0 aliphatic carbocycles. The molecule has 7 heteroatoms. The standard InChI is InChI=1S/C13H21N7/c1-19-5-7-20(8-6-19)4-2-3-14-12-11-9-17-18-13(11)16-10-15-12/h9-10H,2-8H2,1H3,(H2,14,15,16,17,18). The van der Waals surface area contributed by atoms with Crippen LogP contribution in [0.4, 0.5) is 5.82 Å². The van der Waals surface area contributed by atoms with E-state index in [0.29, 0.717) is 0 Å². The van der Waals surface area contributed by atoms with E-state index in [2.05, 4.69) is 42.3 Å². The molecule has 108 valence electrons. The van der Waals surface area contributed by atoms with Gasteiger partial charge in [0.05, 0.1) is 11.6 Å². The number of likely N-dealkylation sites (N-methyl/N-ethyl adjacent to an activating group) is 1. The van der Waals surface area contributed by atoms with Crippen LogP contribution in [0.1, 0.15) is 6.42 Å². The molecule has 0 aromatic carbocycles. The molecule has 0 radical (unpaired) electrons. The molecule has 2 N–H and O–H groups in total. The second-order valence-electron chi connectivity index (χ2n) is 5.28. The molecule has 7 nitrogen and oxygen atoms in total. The number of hydrogen-bond acceptors (Lipinski definition) is 6. The molecule has 3 heterocycles. The Hall–Kier alpha value is -1.73. The van der Waals surface area contributed by atoms with E-state index in [9.17, 15) is 0 Å². The average Bonchev–Trinajstić information content (AvgIpc) is 2.94. The summed E-state index contributed by atoms with van der Waals surface area (Å²) in [5.41, 5.74) is 0.779. The summed E-state index contributed by atoms with van der Waals surface area (Å²) in [6, 6.07) is 0. The second-order valence-corrected chi connectivity index (χ2v) is 5.28. The van der Waals surface area contributed by atoms with Gasteiger partial charge in [0.25, 0.3) is 0 Å². The van der Waals surface area contributed by atoms with Crippen molar-refractivity contribution in [2.75, 3.05) is 51.6 Å². The summed E-state index contributed by atoms with van der Waals surface area (Å²) >= 11 is 0. The van der Waals surface area contributed by atoms with Crippen LogP contribution in [0.2, 0.25) is 0 Å². The van der Waals surface area contributed by atoms with Crippen LogP contribution in [0, 0.1) is 0 Å². The molecule has 2 aromatic rings. The minimum Gasteiger partial charge on any atom is -0.369 e. The van der Waals surface area contributed by atoms with E-state index < -0.39 is 0 Å².